The molecule has 128 valence electrons. The van der Waals surface area contributed by atoms with E-state index < -0.39 is 23.3 Å². The van der Waals surface area contributed by atoms with E-state index in [1.165, 1.54) is 18.2 Å². The average molecular weight is 401 g/mol. The second-order valence-corrected chi connectivity index (χ2v) is 7.01. The Morgan fingerprint density at radius 2 is 1.42 bits per heavy atom. The summed E-state index contributed by atoms with van der Waals surface area (Å²) >= 11 is 3.48. The number of alkyl halides is 1. The molecule has 24 heavy (non-hydrogen) atoms. The first-order chi connectivity index (χ1) is 11.5. The van der Waals surface area contributed by atoms with Gasteiger partial charge < -0.3 is 0 Å². The van der Waals surface area contributed by atoms with E-state index in [0.717, 1.165) is 43.1 Å². The maximum atomic E-state index is 14.5. The second-order valence-electron chi connectivity index (χ2n) is 6.36. The molecule has 0 radical (unpaired) electrons. The first-order valence-corrected chi connectivity index (χ1v) is 9.12. The Bertz CT molecular complexity index is 713. The molecule has 2 aromatic rings. The third-order valence-corrected chi connectivity index (χ3v) is 5.72. The highest BCUT2D eigenvalue weighted by Gasteiger charge is 2.24. The first kappa shape index (κ1) is 17.5. The van der Waals surface area contributed by atoms with Crippen molar-refractivity contribution in [1.29, 1.82) is 0 Å². The lowest BCUT2D eigenvalue weighted by Gasteiger charge is -2.28. The zero-order valence-corrected chi connectivity index (χ0v) is 14.6. The summed E-state index contributed by atoms with van der Waals surface area (Å²) in [6, 6.07) is 5.54. The monoisotopic (exact) mass is 400 g/mol. The van der Waals surface area contributed by atoms with Crippen LogP contribution in [0.2, 0.25) is 0 Å². The molecule has 1 aliphatic carbocycles. The van der Waals surface area contributed by atoms with E-state index >= 15 is 0 Å². The SMILES string of the molecule is Fc1ccc(-c2c(F)cc(C3CCC(CBr)CC3)cc2F)cc1F. The van der Waals surface area contributed by atoms with Gasteiger partial charge in [0.15, 0.2) is 11.6 Å². The average Bonchev–Trinajstić information content (AvgIpc) is 2.57. The smallest absolute Gasteiger partial charge is 0.159 e. The quantitative estimate of drug-likeness (QED) is 0.403. The van der Waals surface area contributed by atoms with Gasteiger partial charge in [0.2, 0.25) is 0 Å². The number of halogens is 5. The van der Waals surface area contributed by atoms with E-state index in [1.807, 2.05) is 0 Å². The van der Waals surface area contributed by atoms with Crippen LogP contribution in [0, 0.1) is 29.2 Å². The van der Waals surface area contributed by atoms with Crippen molar-refractivity contribution in [2.75, 3.05) is 5.33 Å². The lowest BCUT2D eigenvalue weighted by atomic mass is 9.79. The highest BCUT2D eigenvalue weighted by atomic mass is 79.9. The molecule has 2 aromatic carbocycles. The largest absolute Gasteiger partial charge is 0.206 e. The van der Waals surface area contributed by atoms with Gasteiger partial charge in [0.25, 0.3) is 0 Å². The van der Waals surface area contributed by atoms with E-state index in [0.29, 0.717) is 11.5 Å². The lowest BCUT2D eigenvalue weighted by molar-refractivity contribution is 0.352. The minimum atomic E-state index is -1.12. The summed E-state index contributed by atoms with van der Waals surface area (Å²) < 4.78 is 55.3. The van der Waals surface area contributed by atoms with Gasteiger partial charge in [-0.15, -0.1) is 0 Å². The minimum absolute atomic E-state index is 0.00144. The van der Waals surface area contributed by atoms with Gasteiger partial charge in [-0.25, -0.2) is 17.6 Å². The highest BCUT2D eigenvalue weighted by Crippen LogP contribution is 2.38. The van der Waals surface area contributed by atoms with Crippen LogP contribution < -0.4 is 0 Å². The Balaban J connectivity index is 1.90. The van der Waals surface area contributed by atoms with Crippen molar-refractivity contribution in [3.63, 3.8) is 0 Å². The molecule has 0 atom stereocenters. The van der Waals surface area contributed by atoms with Crippen LogP contribution >= 0.6 is 15.9 Å². The number of hydrogen-bond acceptors (Lipinski definition) is 0. The fourth-order valence-electron chi connectivity index (χ4n) is 3.41. The van der Waals surface area contributed by atoms with Gasteiger partial charge in [0.1, 0.15) is 11.6 Å². The first-order valence-electron chi connectivity index (χ1n) is 8.00. The van der Waals surface area contributed by atoms with E-state index in [2.05, 4.69) is 15.9 Å². The Kier molecular flexibility index (Phi) is 5.28. The van der Waals surface area contributed by atoms with Crippen molar-refractivity contribution in [2.45, 2.75) is 31.6 Å². The molecule has 3 rings (SSSR count). The Morgan fingerprint density at radius 1 is 0.792 bits per heavy atom. The van der Waals surface area contributed by atoms with Crippen molar-refractivity contribution in [3.8, 4) is 11.1 Å². The van der Waals surface area contributed by atoms with E-state index in [9.17, 15) is 17.6 Å². The fourth-order valence-corrected chi connectivity index (χ4v) is 4.05. The van der Waals surface area contributed by atoms with Gasteiger partial charge in [-0.3, -0.25) is 0 Å². The molecule has 0 aliphatic heterocycles. The van der Waals surface area contributed by atoms with Crippen LogP contribution in [0.1, 0.15) is 37.2 Å². The highest BCUT2D eigenvalue weighted by molar-refractivity contribution is 9.09. The van der Waals surface area contributed by atoms with E-state index in [-0.39, 0.29) is 17.0 Å². The molecule has 0 spiro atoms. The molecule has 1 fully saturated rings. The third-order valence-electron chi connectivity index (χ3n) is 4.81. The van der Waals surface area contributed by atoms with E-state index in [4.69, 9.17) is 0 Å². The van der Waals surface area contributed by atoms with Gasteiger partial charge in [0, 0.05) is 5.33 Å². The molecule has 0 aromatic heterocycles. The summed E-state index contributed by atoms with van der Waals surface area (Å²) in [5, 5.41) is 0.956. The standard InChI is InChI=1S/C19H17BrF4/c20-10-11-1-3-12(4-2-11)14-8-17(23)19(18(24)9-14)13-5-6-15(21)16(22)7-13/h5-9,11-12H,1-4,10H2. The summed E-state index contributed by atoms with van der Waals surface area (Å²) in [5.41, 5.74) is 0.328. The van der Waals surface area contributed by atoms with Gasteiger partial charge in [-0.05, 0) is 72.9 Å². The van der Waals surface area contributed by atoms with Crippen LogP contribution in [0.25, 0.3) is 11.1 Å². The molecule has 1 aliphatic rings. The normalized spacial score (nSPS) is 21.0. The maximum Gasteiger partial charge on any atom is 0.159 e. The summed E-state index contributed by atoms with van der Waals surface area (Å²) in [7, 11) is 0. The topological polar surface area (TPSA) is 0 Å². The fraction of sp³-hybridized carbons (Fsp3) is 0.368. The van der Waals surface area contributed by atoms with Crippen LogP contribution in [0.4, 0.5) is 17.6 Å². The predicted octanol–water partition coefficient (Wildman–Crippen LogP) is 6.58. The molecule has 0 N–H and O–H groups in total. The van der Waals surface area contributed by atoms with Crippen LogP contribution in [-0.2, 0) is 0 Å². The minimum Gasteiger partial charge on any atom is -0.206 e. The Morgan fingerprint density at radius 3 is 1.96 bits per heavy atom. The molecule has 0 amide bonds. The molecule has 0 heterocycles. The van der Waals surface area contributed by atoms with E-state index in [1.54, 1.807) is 0 Å². The molecule has 0 bridgehead atoms. The van der Waals surface area contributed by atoms with Crippen LogP contribution in [-0.4, -0.2) is 5.33 Å². The Hall–Kier alpha value is -1.36. The van der Waals surface area contributed by atoms with Crippen LogP contribution in [0.3, 0.4) is 0 Å². The molecule has 0 saturated heterocycles. The summed E-state index contributed by atoms with van der Waals surface area (Å²) in [6.45, 7) is 0. The predicted molar refractivity (Wildman–Crippen MR) is 90.2 cm³/mol. The van der Waals surface area contributed by atoms with Gasteiger partial charge in [-0.2, -0.15) is 0 Å². The van der Waals surface area contributed by atoms with Crippen molar-refractivity contribution >= 4 is 15.9 Å². The van der Waals surface area contributed by atoms with Gasteiger partial charge >= 0.3 is 0 Å². The molecule has 5 heteroatoms. The summed E-state index contributed by atoms with van der Waals surface area (Å²) in [4.78, 5) is 0. The van der Waals surface area contributed by atoms with Crippen LogP contribution in [0.15, 0.2) is 30.3 Å². The second kappa shape index (κ2) is 7.26. The zero-order chi connectivity index (χ0) is 17.3. The molecule has 1 saturated carbocycles. The maximum absolute atomic E-state index is 14.5. The number of rotatable bonds is 3. The van der Waals surface area contributed by atoms with Crippen LogP contribution in [0.5, 0.6) is 0 Å². The summed E-state index contributed by atoms with van der Waals surface area (Å²) in [6.07, 6.45) is 3.87. The van der Waals surface area contributed by atoms with Gasteiger partial charge in [0.05, 0.1) is 5.56 Å². The Labute approximate surface area is 147 Å². The third kappa shape index (κ3) is 3.51. The summed E-state index contributed by atoms with van der Waals surface area (Å²) in [5.74, 6) is -2.87. The lowest BCUT2D eigenvalue weighted by Crippen LogP contribution is -2.14. The zero-order valence-electron chi connectivity index (χ0n) is 13.0. The van der Waals surface area contributed by atoms with Gasteiger partial charge in [-0.1, -0.05) is 22.0 Å². The molecular formula is C19H17BrF4. The molecular weight excluding hydrogens is 384 g/mol. The van der Waals surface area contributed by atoms with Crippen molar-refractivity contribution in [2.24, 2.45) is 5.92 Å². The number of hydrogen-bond donors (Lipinski definition) is 0. The molecule has 0 unspecified atom stereocenters. The number of benzene rings is 2. The van der Waals surface area contributed by atoms with Crippen molar-refractivity contribution in [3.05, 3.63) is 59.2 Å². The van der Waals surface area contributed by atoms with Crippen molar-refractivity contribution in [1.82, 2.24) is 0 Å². The molecule has 0 nitrogen and oxygen atoms in total. The van der Waals surface area contributed by atoms with Crippen molar-refractivity contribution < 1.29 is 17.6 Å².